The average molecular weight is 438 g/mol. The molecule has 5 nitrogen and oxygen atoms in total. The van der Waals surface area contributed by atoms with Crippen LogP contribution in [0.4, 0.5) is 5.69 Å². The maximum absolute atomic E-state index is 13.2. The van der Waals surface area contributed by atoms with Crippen molar-refractivity contribution in [3.05, 3.63) is 70.7 Å². The van der Waals surface area contributed by atoms with Crippen molar-refractivity contribution in [2.24, 2.45) is 0 Å². The molecule has 3 aromatic carbocycles. The predicted octanol–water partition coefficient (Wildman–Crippen LogP) is 5.20. The maximum Gasteiger partial charge on any atom is 0.267 e. The first-order valence-corrected chi connectivity index (χ1v) is 10.4. The van der Waals surface area contributed by atoms with Crippen LogP contribution in [-0.4, -0.2) is 27.7 Å². The zero-order valence-electron chi connectivity index (χ0n) is 15.1. The van der Waals surface area contributed by atoms with Crippen molar-refractivity contribution in [3.63, 3.8) is 0 Å². The van der Waals surface area contributed by atoms with E-state index in [1.165, 1.54) is 20.2 Å². The lowest BCUT2D eigenvalue weighted by atomic mass is 10.0. The molecule has 0 amide bonds. The Morgan fingerprint density at radius 1 is 0.964 bits per heavy atom. The van der Waals surface area contributed by atoms with Gasteiger partial charge < -0.3 is 9.84 Å². The third-order valence-electron chi connectivity index (χ3n) is 4.26. The Labute approximate surface area is 173 Å². The minimum atomic E-state index is -4.16. The molecule has 0 aliphatic heterocycles. The second kappa shape index (κ2) is 7.91. The molecule has 0 bridgehead atoms. The molecule has 146 valence electrons. The number of nitrogens with zero attached hydrogens (tertiary/aromatic N) is 1. The van der Waals surface area contributed by atoms with E-state index in [1.807, 2.05) is 36.4 Å². The van der Waals surface area contributed by atoms with Crippen LogP contribution in [0.15, 0.2) is 65.6 Å². The summed E-state index contributed by atoms with van der Waals surface area (Å²) in [6.07, 6.45) is 0. The highest BCUT2D eigenvalue weighted by Crippen LogP contribution is 2.39. The van der Waals surface area contributed by atoms with E-state index in [4.69, 9.17) is 27.9 Å². The number of methoxy groups -OCH3 is 1. The Balaban J connectivity index is 2.15. The smallest absolute Gasteiger partial charge is 0.267 e. The van der Waals surface area contributed by atoms with Gasteiger partial charge in [-0.2, -0.15) is 0 Å². The number of anilines is 1. The summed E-state index contributed by atoms with van der Waals surface area (Å²) in [6, 6.07) is 17.2. The van der Waals surface area contributed by atoms with Gasteiger partial charge in [0.25, 0.3) is 10.0 Å². The molecule has 3 rings (SSSR count). The minimum absolute atomic E-state index is 0.0970. The number of sulfonamides is 1. The third-order valence-corrected chi connectivity index (χ3v) is 6.55. The van der Waals surface area contributed by atoms with Crippen molar-refractivity contribution in [2.75, 3.05) is 18.5 Å². The Morgan fingerprint density at radius 3 is 2.29 bits per heavy atom. The van der Waals surface area contributed by atoms with Gasteiger partial charge in [-0.15, -0.1) is 0 Å². The highest BCUT2D eigenvalue weighted by Gasteiger charge is 2.28. The summed E-state index contributed by atoms with van der Waals surface area (Å²) in [7, 11) is -1.34. The van der Waals surface area contributed by atoms with Crippen molar-refractivity contribution in [1.29, 1.82) is 0 Å². The van der Waals surface area contributed by atoms with Crippen LogP contribution >= 0.6 is 23.2 Å². The van der Waals surface area contributed by atoms with Gasteiger partial charge in [0, 0.05) is 12.1 Å². The first-order chi connectivity index (χ1) is 13.3. The number of hydrogen-bond acceptors (Lipinski definition) is 4. The van der Waals surface area contributed by atoms with Crippen molar-refractivity contribution in [2.45, 2.75) is 4.90 Å². The fraction of sp³-hybridized carbons (Fsp3) is 0.100. The van der Waals surface area contributed by atoms with Crippen LogP contribution in [0.5, 0.6) is 11.5 Å². The number of hydrogen-bond donors (Lipinski definition) is 1. The van der Waals surface area contributed by atoms with Crippen molar-refractivity contribution in [1.82, 2.24) is 0 Å². The van der Waals surface area contributed by atoms with Crippen LogP contribution in [0.2, 0.25) is 10.0 Å². The SMILES string of the molecule is COc1ccc(-c2ccccc2)cc1N(C)S(=O)(=O)c1cc(Cl)cc(Cl)c1O. The van der Waals surface area contributed by atoms with Crippen molar-refractivity contribution < 1.29 is 18.3 Å². The lowest BCUT2D eigenvalue weighted by Crippen LogP contribution is -2.27. The largest absolute Gasteiger partial charge is 0.505 e. The van der Waals surface area contributed by atoms with Crippen LogP contribution in [0.3, 0.4) is 0 Å². The van der Waals surface area contributed by atoms with Crippen LogP contribution < -0.4 is 9.04 Å². The molecule has 0 aliphatic rings. The van der Waals surface area contributed by atoms with Crippen LogP contribution in [-0.2, 0) is 10.0 Å². The first-order valence-electron chi connectivity index (χ1n) is 8.16. The van der Waals surface area contributed by atoms with Gasteiger partial charge in [-0.3, -0.25) is 4.31 Å². The molecule has 0 aliphatic carbocycles. The quantitative estimate of drug-likeness (QED) is 0.595. The first kappa shape index (κ1) is 20.3. The summed E-state index contributed by atoms with van der Waals surface area (Å²) in [6.45, 7) is 0. The summed E-state index contributed by atoms with van der Waals surface area (Å²) in [5.74, 6) is -0.200. The summed E-state index contributed by atoms with van der Waals surface area (Å²) in [4.78, 5) is -0.389. The van der Waals surface area contributed by atoms with Gasteiger partial charge in [-0.05, 0) is 35.4 Å². The van der Waals surface area contributed by atoms with E-state index in [-0.39, 0.29) is 14.9 Å². The minimum Gasteiger partial charge on any atom is -0.505 e. The molecule has 0 heterocycles. The lowest BCUT2D eigenvalue weighted by molar-refractivity contribution is 0.415. The Hall–Kier alpha value is -2.41. The van der Waals surface area contributed by atoms with Crippen LogP contribution in [0, 0.1) is 0 Å². The highest BCUT2D eigenvalue weighted by molar-refractivity contribution is 7.93. The van der Waals surface area contributed by atoms with Gasteiger partial charge in [-0.25, -0.2) is 8.42 Å². The summed E-state index contributed by atoms with van der Waals surface area (Å²) >= 11 is 11.8. The number of phenolic OH excluding ortho intramolecular Hbond substituents is 1. The Bertz CT molecular complexity index is 1120. The number of phenols is 1. The molecule has 0 saturated carbocycles. The second-order valence-electron chi connectivity index (χ2n) is 5.96. The molecule has 0 saturated heterocycles. The van der Waals surface area contributed by atoms with E-state index < -0.39 is 15.8 Å². The zero-order chi connectivity index (χ0) is 20.5. The molecule has 0 atom stereocenters. The molecule has 1 N–H and O–H groups in total. The Morgan fingerprint density at radius 2 is 1.64 bits per heavy atom. The monoisotopic (exact) mass is 437 g/mol. The van der Waals surface area contributed by atoms with Crippen LogP contribution in [0.1, 0.15) is 0 Å². The zero-order valence-corrected chi connectivity index (χ0v) is 17.4. The molecule has 3 aromatic rings. The van der Waals surface area contributed by atoms with Crippen molar-refractivity contribution >= 4 is 38.9 Å². The highest BCUT2D eigenvalue weighted by atomic mass is 35.5. The van der Waals surface area contributed by atoms with E-state index >= 15 is 0 Å². The van der Waals surface area contributed by atoms with E-state index in [9.17, 15) is 13.5 Å². The standard InChI is InChI=1S/C20H17Cl2NO4S/c1-23(28(25,26)19-12-15(21)11-16(22)20(19)24)17-10-14(8-9-18(17)27-2)13-6-4-3-5-7-13/h3-12,24H,1-2H3. The summed E-state index contributed by atoms with van der Waals surface area (Å²) in [5.41, 5.74) is 2.04. The number of benzene rings is 3. The fourth-order valence-electron chi connectivity index (χ4n) is 2.76. The van der Waals surface area contributed by atoms with E-state index in [0.717, 1.165) is 21.5 Å². The molecule has 0 radical (unpaired) electrons. The number of halogens is 2. The number of rotatable bonds is 5. The molecule has 8 heteroatoms. The molecule has 0 aromatic heterocycles. The van der Waals surface area contributed by atoms with Gasteiger partial charge in [0.05, 0.1) is 17.8 Å². The average Bonchev–Trinajstić information content (AvgIpc) is 2.70. The van der Waals surface area contributed by atoms with Gasteiger partial charge in [-0.1, -0.05) is 59.6 Å². The van der Waals surface area contributed by atoms with E-state index in [0.29, 0.717) is 11.4 Å². The Kier molecular flexibility index (Phi) is 5.74. The van der Waals surface area contributed by atoms with Gasteiger partial charge in [0.15, 0.2) is 5.75 Å². The predicted molar refractivity (Wildman–Crippen MR) is 112 cm³/mol. The van der Waals surface area contributed by atoms with Gasteiger partial charge in [0.2, 0.25) is 0 Å². The normalized spacial score (nSPS) is 11.3. The molecule has 0 spiro atoms. The summed E-state index contributed by atoms with van der Waals surface area (Å²) < 4.78 is 32.7. The number of ether oxygens (including phenoxy) is 1. The molecule has 0 unspecified atom stereocenters. The number of aromatic hydroxyl groups is 1. The van der Waals surface area contributed by atoms with Gasteiger partial charge in [0.1, 0.15) is 10.6 Å². The maximum atomic E-state index is 13.2. The molecule has 0 fully saturated rings. The van der Waals surface area contributed by atoms with E-state index in [2.05, 4.69) is 0 Å². The molecule has 28 heavy (non-hydrogen) atoms. The van der Waals surface area contributed by atoms with Gasteiger partial charge >= 0.3 is 0 Å². The van der Waals surface area contributed by atoms with Crippen LogP contribution in [0.25, 0.3) is 11.1 Å². The summed E-state index contributed by atoms with van der Waals surface area (Å²) in [5, 5.41) is 10.1. The third kappa shape index (κ3) is 3.76. The second-order valence-corrected chi connectivity index (χ2v) is 8.74. The van der Waals surface area contributed by atoms with E-state index in [1.54, 1.807) is 12.1 Å². The topological polar surface area (TPSA) is 66.8 Å². The lowest BCUT2D eigenvalue weighted by Gasteiger charge is -2.23. The molecular formula is C20H17Cl2NO4S. The fourth-order valence-corrected chi connectivity index (χ4v) is 4.70. The van der Waals surface area contributed by atoms with Crippen molar-refractivity contribution in [3.8, 4) is 22.6 Å². The molecular weight excluding hydrogens is 421 g/mol.